The Morgan fingerprint density at radius 1 is 1.04 bits per heavy atom. The summed E-state index contributed by atoms with van der Waals surface area (Å²) in [5.41, 5.74) is 2.72. The van der Waals surface area contributed by atoms with E-state index in [1.807, 2.05) is 24.3 Å². The first-order valence-electron chi connectivity index (χ1n) is 6.74. The molecule has 0 bridgehead atoms. The number of aromatic amines is 2. The van der Waals surface area contributed by atoms with Gasteiger partial charge in [-0.15, -0.1) is 12.4 Å². The minimum absolute atomic E-state index is 0. The number of rotatable bonds is 2. The standard InChI is InChI=1S/C16H11FN4O.ClH/c17-11-7-5-10(6-8-11)14-9-15(22)21(20-14)16-18-12-3-1-2-4-13(12)19-16;/h1-9,20H,(H,18,19);1H. The highest BCUT2D eigenvalue weighted by Crippen LogP contribution is 2.17. The largest absolute Gasteiger partial charge is 0.322 e. The number of H-pyrrole nitrogens is 2. The molecule has 0 unspecified atom stereocenters. The van der Waals surface area contributed by atoms with Crippen molar-refractivity contribution in [3.63, 3.8) is 0 Å². The molecular formula is C16H12ClFN4O. The van der Waals surface area contributed by atoms with Crippen molar-refractivity contribution in [2.75, 3.05) is 0 Å². The number of nitrogens with one attached hydrogen (secondary N) is 2. The van der Waals surface area contributed by atoms with Crippen LogP contribution in [0.4, 0.5) is 4.39 Å². The summed E-state index contributed by atoms with van der Waals surface area (Å²) in [6.07, 6.45) is 0. The molecule has 4 aromatic rings. The van der Waals surface area contributed by atoms with Crippen LogP contribution in [0.25, 0.3) is 28.2 Å². The monoisotopic (exact) mass is 330 g/mol. The van der Waals surface area contributed by atoms with Crippen molar-refractivity contribution in [3.05, 3.63) is 70.8 Å². The van der Waals surface area contributed by atoms with E-state index in [9.17, 15) is 9.18 Å². The van der Waals surface area contributed by atoms with Crippen LogP contribution in [0.3, 0.4) is 0 Å². The molecule has 0 fully saturated rings. The van der Waals surface area contributed by atoms with Gasteiger partial charge in [0.2, 0.25) is 5.95 Å². The molecule has 7 heteroatoms. The topological polar surface area (TPSA) is 66.5 Å². The molecule has 4 rings (SSSR count). The SMILES string of the molecule is Cl.O=c1cc(-c2ccc(F)cc2)[nH]n1-c1nc2ccccc2[nH]1. The first-order valence-corrected chi connectivity index (χ1v) is 6.74. The molecule has 0 aliphatic carbocycles. The van der Waals surface area contributed by atoms with Crippen LogP contribution in [-0.4, -0.2) is 19.7 Å². The summed E-state index contributed by atoms with van der Waals surface area (Å²) in [5, 5.41) is 2.98. The van der Waals surface area contributed by atoms with E-state index in [0.717, 1.165) is 16.6 Å². The number of para-hydroxylation sites is 2. The minimum Gasteiger partial charge on any atom is -0.322 e. The van der Waals surface area contributed by atoms with Crippen LogP contribution in [0.1, 0.15) is 0 Å². The van der Waals surface area contributed by atoms with Crippen LogP contribution in [0, 0.1) is 5.82 Å². The van der Waals surface area contributed by atoms with Gasteiger partial charge in [-0.2, -0.15) is 4.68 Å². The molecule has 2 aromatic heterocycles. The fourth-order valence-corrected chi connectivity index (χ4v) is 2.38. The van der Waals surface area contributed by atoms with Crippen LogP contribution in [0.2, 0.25) is 0 Å². The molecule has 5 nitrogen and oxygen atoms in total. The Balaban J connectivity index is 0.00000156. The molecular weight excluding hydrogens is 319 g/mol. The third-order valence-corrected chi connectivity index (χ3v) is 3.46. The maximum absolute atomic E-state index is 13.0. The van der Waals surface area contributed by atoms with Gasteiger partial charge >= 0.3 is 0 Å². The quantitative estimate of drug-likeness (QED) is 0.592. The van der Waals surface area contributed by atoms with Gasteiger partial charge in [-0.3, -0.25) is 9.89 Å². The van der Waals surface area contributed by atoms with Crippen molar-refractivity contribution in [1.29, 1.82) is 0 Å². The lowest BCUT2D eigenvalue weighted by Gasteiger charge is -1.98. The number of fused-ring (bicyclic) bond motifs is 1. The molecule has 0 saturated carbocycles. The number of benzene rings is 2. The normalized spacial score (nSPS) is 10.7. The summed E-state index contributed by atoms with van der Waals surface area (Å²) >= 11 is 0. The Morgan fingerprint density at radius 3 is 2.52 bits per heavy atom. The van der Waals surface area contributed by atoms with E-state index in [1.165, 1.54) is 22.9 Å². The number of nitrogens with zero attached hydrogens (tertiary/aromatic N) is 2. The van der Waals surface area contributed by atoms with Crippen molar-refractivity contribution < 1.29 is 4.39 Å². The lowest BCUT2D eigenvalue weighted by Crippen LogP contribution is -2.14. The molecule has 0 saturated heterocycles. The maximum Gasteiger partial charge on any atom is 0.274 e. The molecule has 2 heterocycles. The minimum atomic E-state index is -0.317. The summed E-state index contributed by atoms with van der Waals surface area (Å²) in [5.74, 6) is 0.0994. The summed E-state index contributed by atoms with van der Waals surface area (Å²) in [7, 11) is 0. The second-order valence-electron chi connectivity index (χ2n) is 4.93. The second kappa shape index (κ2) is 5.73. The number of halogens is 2. The molecule has 2 aromatic carbocycles. The predicted octanol–water partition coefficient (Wildman–Crippen LogP) is 3.27. The number of imidazole rings is 1. The van der Waals surface area contributed by atoms with Gasteiger partial charge < -0.3 is 4.98 Å². The first-order chi connectivity index (χ1) is 10.7. The molecule has 2 N–H and O–H groups in total. The highest BCUT2D eigenvalue weighted by molar-refractivity contribution is 5.85. The Morgan fingerprint density at radius 2 is 1.78 bits per heavy atom. The third-order valence-electron chi connectivity index (χ3n) is 3.46. The number of hydrogen-bond donors (Lipinski definition) is 2. The van der Waals surface area contributed by atoms with Crippen LogP contribution < -0.4 is 5.56 Å². The Hall–Kier alpha value is -2.86. The zero-order valence-electron chi connectivity index (χ0n) is 11.8. The van der Waals surface area contributed by atoms with Crippen molar-refractivity contribution in [2.45, 2.75) is 0 Å². The van der Waals surface area contributed by atoms with E-state index in [0.29, 0.717) is 11.6 Å². The van der Waals surface area contributed by atoms with Gasteiger partial charge in [-0.25, -0.2) is 9.37 Å². The van der Waals surface area contributed by atoms with E-state index in [4.69, 9.17) is 0 Å². The number of hydrogen-bond acceptors (Lipinski definition) is 2. The fraction of sp³-hybridized carbons (Fsp3) is 0. The van der Waals surface area contributed by atoms with Crippen molar-refractivity contribution >= 4 is 23.4 Å². The maximum atomic E-state index is 13.0. The van der Waals surface area contributed by atoms with Crippen LogP contribution >= 0.6 is 12.4 Å². The van der Waals surface area contributed by atoms with E-state index >= 15 is 0 Å². The zero-order valence-corrected chi connectivity index (χ0v) is 12.6. The Kier molecular flexibility index (Phi) is 3.75. The van der Waals surface area contributed by atoms with Gasteiger partial charge in [-0.05, 0) is 42.0 Å². The molecule has 0 aliphatic rings. The van der Waals surface area contributed by atoms with Gasteiger partial charge in [0.1, 0.15) is 5.82 Å². The predicted molar refractivity (Wildman–Crippen MR) is 88.7 cm³/mol. The molecule has 0 amide bonds. The number of aromatic nitrogens is 4. The Bertz CT molecular complexity index is 983. The van der Waals surface area contributed by atoms with Crippen LogP contribution in [-0.2, 0) is 0 Å². The van der Waals surface area contributed by atoms with E-state index in [2.05, 4.69) is 15.1 Å². The molecule has 116 valence electrons. The highest BCUT2D eigenvalue weighted by atomic mass is 35.5. The molecule has 23 heavy (non-hydrogen) atoms. The summed E-state index contributed by atoms with van der Waals surface area (Å²) in [6, 6.07) is 14.9. The van der Waals surface area contributed by atoms with Gasteiger partial charge in [0, 0.05) is 6.07 Å². The summed E-state index contributed by atoms with van der Waals surface area (Å²) < 4.78 is 14.3. The van der Waals surface area contributed by atoms with Crippen molar-refractivity contribution in [2.24, 2.45) is 0 Å². The fourth-order valence-electron chi connectivity index (χ4n) is 2.38. The van der Waals surface area contributed by atoms with Crippen molar-refractivity contribution in [3.8, 4) is 17.2 Å². The average Bonchev–Trinajstić information content (AvgIpc) is 3.11. The lowest BCUT2D eigenvalue weighted by atomic mass is 10.1. The summed E-state index contributed by atoms with van der Waals surface area (Å²) in [6.45, 7) is 0. The molecule has 0 radical (unpaired) electrons. The molecule has 0 spiro atoms. The molecule has 0 aliphatic heterocycles. The first kappa shape index (κ1) is 15.1. The molecule has 0 atom stereocenters. The summed E-state index contributed by atoms with van der Waals surface area (Å²) in [4.78, 5) is 19.6. The lowest BCUT2D eigenvalue weighted by molar-refractivity contribution is 0.628. The van der Waals surface area contributed by atoms with Gasteiger partial charge in [0.25, 0.3) is 5.56 Å². The second-order valence-corrected chi connectivity index (χ2v) is 4.93. The van der Waals surface area contributed by atoms with E-state index < -0.39 is 0 Å². The van der Waals surface area contributed by atoms with Crippen LogP contribution in [0.5, 0.6) is 0 Å². The van der Waals surface area contributed by atoms with E-state index in [1.54, 1.807) is 12.1 Å². The van der Waals surface area contributed by atoms with Gasteiger partial charge in [-0.1, -0.05) is 12.1 Å². The average molecular weight is 331 g/mol. The van der Waals surface area contributed by atoms with Gasteiger partial charge in [0.15, 0.2) is 0 Å². The van der Waals surface area contributed by atoms with Gasteiger partial charge in [0.05, 0.1) is 16.7 Å². The van der Waals surface area contributed by atoms with E-state index in [-0.39, 0.29) is 23.8 Å². The third kappa shape index (κ3) is 2.64. The highest BCUT2D eigenvalue weighted by Gasteiger charge is 2.10. The van der Waals surface area contributed by atoms with Crippen molar-refractivity contribution in [1.82, 2.24) is 19.7 Å². The van der Waals surface area contributed by atoms with Crippen LogP contribution in [0.15, 0.2) is 59.4 Å². The zero-order chi connectivity index (χ0) is 15.1. The smallest absolute Gasteiger partial charge is 0.274 e. The Labute approximate surface area is 136 Å².